The smallest absolute Gasteiger partial charge is 0.258 e. The molecule has 3 aromatic rings. The molecule has 0 aliphatic heterocycles. The van der Waals surface area contributed by atoms with E-state index in [1.807, 2.05) is 0 Å². The van der Waals surface area contributed by atoms with Crippen LogP contribution in [-0.4, -0.2) is 14.3 Å². The van der Waals surface area contributed by atoms with E-state index in [4.69, 9.17) is 23.2 Å². The molecule has 2 N–H and O–H groups in total. The Morgan fingerprint density at radius 1 is 0.967 bits per heavy atom. The van der Waals surface area contributed by atoms with Crippen molar-refractivity contribution in [2.24, 2.45) is 0 Å². The van der Waals surface area contributed by atoms with Gasteiger partial charge in [0.2, 0.25) is 10.0 Å². The summed E-state index contributed by atoms with van der Waals surface area (Å²) in [4.78, 5) is 12.2. The topological polar surface area (TPSA) is 75.3 Å². The Kier molecular flexibility index (Phi) is 6.72. The van der Waals surface area contributed by atoms with Gasteiger partial charge in [0.1, 0.15) is 11.6 Å². The Labute approximate surface area is 181 Å². The third-order valence-corrected chi connectivity index (χ3v) is 6.29. The molecule has 0 fully saturated rings. The summed E-state index contributed by atoms with van der Waals surface area (Å²) >= 11 is 11.9. The summed E-state index contributed by atoms with van der Waals surface area (Å²) in [6, 6.07) is 12.6. The minimum Gasteiger partial charge on any atom is -0.320 e. The van der Waals surface area contributed by atoms with Gasteiger partial charge in [0.05, 0.1) is 26.2 Å². The van der Waals surface area contributed by atoms with Crippen LogP contribution in [0.2, 0.25) is 10.0 Å². The summed E-state index contributed by atoms with van der Waals surface area (Å²) in [6.45, 7) is -0.111. The van der Waals surface area contributed by atoms with Crippen molar-refractivity contribution in [2.45, 2.75) is 11.4 Å². The average Bonchev–Trinajstić information content (AvgIpc) is 2.71. The van der Waals surface area contributed by atoms with Gasteiger partial charge in [-0.2, -0.15) is 0 Å². The number of carbonyl (C=O) groups excluding carboxylic acids is 1. The zero-order valence-electron chi connectivity index (χ0n) is 15.1. The maximum Gasteiger partial charge on any atom is 0.258 e. The van der Waals surface area contributed by atoms with Crippen LogP contribution in [0.5, 0.6) is 0 Å². The number of carbonyl (C=O) groups is 1. The summed E-state index contributed by atoms with van der Waals surface area (Å²) in [5.41, 5.74) is 0.183. The molecule has 5 nitrogen and oxygen atoms in total. The number of halogens is 4. The molecular weight excluding hydrogens is 457 g/mol. The lowest BCUT2D eigenvalue weighted by Gasteiger charge is -2.11. The van der Waals surface area contributed by atoms with Crippen LogP contribution in [0.1, 0.15) is 15.9 Å². The molecule has 0 aliphatic carbocycles. The molecule has 3 aromatic carbocycles. The number of hydrogen-bond acceptors (Lipinski definition) is 3. The predicted octanol–water partition coefficient (Wildman–Crippen LogP) is 5.00. The second-order valence-electron chi connectivity index (χ2n) is 6.15. The van der Waals surface area contributed by atoms with Crippen LogP contribution >= 0.6 is 23.2 Å². The molecule has 0 unspecified atom stereocenters. The van der Waals surface area contributed by atoms with Crippen LogP contribution in [-0.2, 0) is 16.6 Å². The summed E-state index contributed by atoms with van der Waals surface area (Å²) < 4.78 is 54.6. The summed E-state index contributed by atoms with van der Waals surface area (Å²) in [5.74, 6) is -2.26. The van der Waals surface area contributed by atoms with E-state index in [1.165, 1.54) is 36.4 Å². The van der Waals surface area contributed by atoms with Gasteiger partial charge in [-0.3, -0.25) is 4.79 Å². The Morgan fingerprint density at radius 3 is 2.37 bits per heavy atom. The minimum atomic E-state index is -4.07. The average molecular weight is 471 g/mol. The molecule has 0 spiro atoms. The highest BCUT2D eigenvalue weighted by molar-refractivity contribution is 7.89. The van der Waals surface area contributed by atoms with E-state index in [2.05, 4.69) is 10.0 Å². The van der Waals surface area contributed by atoms with E-state index in [0.29, 0.717) is 5.56 Å². The zero-order valence-corrected chi connectivity index (χ0v) is 17.5. The fourth-order valence-electron chi connectivity index (χ4n) is 2.50. The molecule has 10 heteroatoms. The standard InChI is InChI=1S/C20H14Cl2F2N2O3S/c21-16-2-1-3-18(19(16)22)26-20(27)15-10-14(8-9-17(15)24)30(28,29)25-11-12-4-6-13(23)7-5-12/h1-10,25H,11H2,(H,26,27). The largest absolute Gasteiger partial charge is 0.320 e. The molecule has 1 amide bonds. The predicted molar refractivity (Wildman–Crippen MR) is 111 cm³/mol. The van der Waals surface area contributed by atoms with Crippen molar-refractivity contribution in [2.75, 3.05) is 5.32 Å². The molecule has 0 aliphatic rings. The number of amides is 1. The Balaban J connectivity index is 1.82. The summed E-state index contributed by atoms with van der Waals surface area (Å²) in [5, 5.41) is 2.66. The zero-order chi connectivity index (χ0) is 21.9. The Hall–Kier alpha value is -2.52. The van der Waals surface area contributed by atoms with Crippen LogP contribution in [0.4, 0.5) is 14.5 Å². The van der Waals surface area contributed by atoms with Crippen molar-refractivity contribution in [3.05, 3.63) is 93.5 Å². The van der Waals surface area contributed by atoms with Crippen LogP contribution < -0.4 is 10.0 Å². The first-order chi connectivity index (χ1) is 14.2. The number of nitrogens with one attached hydrogen (secondary N) is 2. The quantitative estimate of drug-likeness (QED) is 0.531. The molecule has 3 rings (SSSR count). The molecule has 0 atom stereocenters. The molecular formula is C20H14Cl2F2N2O3S. The number of anilines is 1. The van der Waals surface area contributed by atoms with Gasteiger partial charge in [-0.1, -0.05) is 41.4 Å². The lowest BCUT2D eigenvalue weighted by Crippen LogP contribution is -2.24. The highest BCUT2D eigenvalue weighted by Gasteiger charge is 2.20. The first kappa shape index (κ1) is 22.2. The number of benzene rings is 3. The van der Waals surface area contributed by atoms with Gasteiger partial charge in [-0.15, -0.1) is 0 Å². The monoisotopic (exact) mass is 470 g/mol. The fourth-order valence-corrected chi connectivity index (χ4v) is 3.89. The first-order valence-corrected chi connectivity index (χ1v) is 10.7. The highest BCUT2D eigenvalue weighted by Crippen LogP contribution is 2.30. The van der Waals surface area contributed by atoms with E-state index in [1.54, 1.807) is 6.07 Å². The van der Waals surface area contributed by atoms with Crippen LogP contribution in [0.3, 0.4) is 0 Å². The number of hydrogen-bond donors (Lipinski definition) is 2. The maximum absolute atomic E-state index is 14.2. The Morgan fingerprint density at radius 2 is 1.67 bits per heavy atom. The van der Waals surface area contributed by atoms with Gasteiger partial charge in [-0.05, 0) is 48.0 Å². The molecule has 0 radical (unpaired) electrons. The van der Waals surface area contributed by atoms with Crippen LogP contribution in [0.15, 0.2) is 65.6 Å². The van der Waals surface area contributed by atoms with E-state index < -0.39 is 33.1 Å². The third-order valence-electron chi connectivity index (χ3n) is 4.07. The van der Waals surface area contributed by atoms with E-state index in [-0.39, 0.29) is 27.2 Å². The van der Waals surface area contributed by atoms with Crippen molar-refractivity contribution in [1.82, 2.24) is 4.72 Å². The van der Waals surface area contributed by atoms with Crippen LogP contribution in [0.25, 0.3) is 0 Å². The Bertz CT molecular complexity index is 1200. The van der Waals surface area contributed by atoms with Crippen molar-refractivity contribution >= 4 is 44.8 Å². The molecule has 30 heavy (non-hydrogen) atoms. The number of rotatable bonds is 6. The minimum absolute atomic E-state index is 0.0673. The second-order valence-corrected chi connectivity index (χ2v) is 8.70. The SMILES string of the molecule is O=C(Nc1cccc(Cl)c1Cl)c1cc(S(=O)(=O)NCc2ccc(F)cc2)ccc1F. The van der Waals surface area contributed by atoms with Gasteiger partial charge in [0.15, 0.2) is 0 Å². The maximum atomic E-state index is 14.2. The van der Waals surface area contributed by atoms with Crippen molar-refractivity contribution in [3.63, 3.8) is 0 Å². The van der Waals surface area contributed by atoms with Gasteiger partial charge in [0, 0.05) is 6.54 Å². The van der Waals surface area contributed by atoms with Crippen molar-refractivity contribution in [3.8, 4) is 0 Å². The summed E-state index contributed by atoms with van der Waals surface area (Å²) in [7, 11) is -4.07. The van der Waals surface area contributed by atoms with E-state index >= 15 is 0 Å². The third kappa shape index (κ3) is 5.14. The number of sulfonamides is 1. The molecule has 0 saturated carbocycles. The second kappa shape index (κ2) is 9.09. The summed E-state index contributed by atoms with van der Waals surface area (Å²) in [6.07, 6.45) is 0. The lowest BCUT2D eigenvalue weighted by molar-refractivity contribution is 0.102. The molecule has 0 heterocycles. The fraction of sp³-hybridized carbons (Fsp3) is 0.0500. The van der Waals surface area contributed by atoms with E-state index in [0.717, 1.165) is 18.2 Å². The molecule has 0 aromatic heterocycles. The van der Waals surface area contributed by atoms with E-state index in [9.17, 15) is 22.0 Å². The molecule has 0 saturated heterocycles. The van der Waals surface area contributed by atoms with Gasteiger partial charge in [-0.25, -0.2) is 21.9 Å². The van der Waals surface area contributed by atoms with Crippen LogP contribution in [0, 0.1) is 11.6 Å². The molecule has 156 valence electrons. The molecule has 0 bridgehead atoms. The van der Waals surface area contributed by atoms with Crippen molar-refractivity contribution in [1.29, 1.82) is 0 Å². The normalized spacial score (nSPS) is 11.3. The van der Waals surface area contributed by atoms with Crippen molar-refractivity contribution < 1.29 is 22.0 Å². The van der Waals surface area contributed by atoms with Gasteiger partial charge >= 0.3 is 0 Å². The highest BCUT2D eigenvalue weighted by atomic mass is 35.5. The lowest BCUT2D eigenvalue weighted by atomic mass is 10.2. The van der Waals surface area contributed by atoms with Gasteiger partial charge < -0.3 is 5.32 Å². The first-order valence-electron chi connectivity index (χ1n) is 8.46. The van der Waals surface area contributed by atoms with Gasteiger partial charge in [0.25, 0.3) is 5.91 Å².